The van der Waals surface area contributed by atoms with Gasteiger partial charge in [0, 0.05) is 17.5 Å². The first-order valence-corrected chi connectivity index (χ1v) is 13.5. The van der Waals surface area contributed by atoms with Crippen molar-refractivity contribution in [3.05, 3.63) is 34.2 Å². The molecule has 0 saturated heterocycles. The van der Waals surface area contributed by atoms with E-state index < -0.39 is 0 Å². The number of hydrogen-bond donors (Lipinski definition) is 1. The molecule has 11 heteroatoms. The fraction of sp³-hybridized carbons (Fsp3) is 0.440. The molecule has 0 radical (unpaired) electrons. The molecule has 1 aromatic carbocycles. The standard InChI is InChI=1S/C25H30N4O5S2/c1-6-34-24(31)21-16-9-7-14(2)11-19(16)36-23(21)26-20(30)13-35-25-28-27-22(29(25)3)15-8-10-17(32-4)18(12-15)33-5/h8,10,12,14H,6-7,9,11,13H2,1-5H3,(H,26,30). The molecule has 1 atom stereocenters. The average molecular weight is 531 g/mol. The first-order valence-electron chi connectivity index (χ1n) is 11.7. The number of hydrogen-bond acceptors (Lipinski definition) is 9. The molecule has 192 valence electrons. The minimum atomic E-state index is -0.375. The summed E-state index contributed by atoms with van der Waals surface area (Å²) in [4.78, 5) is 26.7. The summed E-state index contributed by atoms with van der Waals surface area (Å²) in [6.07, 6.45) is 2.76. The van der Waals surface area contributed by atoms with E-state index in [2.05, 4.69) is 22.4 Å². The summed E-state index contributed by atoms with van der Waals surface area (Å²) in [5.41, 5.74) is 2.35. The smallest absolute Gasteiger partial charge is 0.341 e. The van der Waals surface area contributed by atoms with Crippen molar-refractivity contribution in [3.63, 3.8) is 0 Å². The van der Waals surface area contributed by atoms with Gasteiger partial charge in [0.1, 0.15) is 5.00 Å². The SMILES string of the molecule is CCOC(=O)c1c(NC(=O)CSc2nnc(-c3ccc(OC)c(OC)c3)n2C)sc2c1CCC(C)C2. The Kier molecular flexibility index (Phi) is 8.20. The Morgan fingerprint density at radius 3 is 2.72 bits per heavy atom. The van der Waals surface area contributed by atoms with E-state index in [1.54, 1.807) is 21.1 Å². The Morgan fingerprint density at radius 1 is 1.22 bits per heavy atom. The van der Waals surface area contributed by atoms with Gasteiger partial charge in [0.15, 0.2) is 22.5 Å². The topological polar surface area (TPSA) is 105 Å². The quantitative estimate of drug-likeness (QED) is 0.316. The van der Waals surface area contributed by atoms with Crippen LogP contribution in [0.25, 0.3) is 11.4 Å². The van der Waals surface area contributed by atoms with Crippen LogP contribution >= 0.6 is 23.1 Å². The lowest BCUT2D eigenvalue weighted by atomic mass is 9.88. The Bertz CT molecular complexity index is 1270. The van der Waals surface area contributed by atoms with E-state index >= 15 is 0 Å². The van der Waals surface area contributed by atoms with Gasteiger partial charge in [-0.15, -0.1) is 21.5 Å². The second kappa shape index (κ2) is 11.3. The van der Waals surface area contributed by atoms with Gasteiger partial charge in [-0.3, -0.25) is 4.79 Å². The molecule has 2 aromatic heterocycles. The van der Waals surface area contributed by atoms with Gasteiger partial charge in [0.25, 0.3) is 0 Å². The Labute approximate surface area is 218 Å². The number of nitrogens with zero attached hydrogens (tertiary/aromatic N) is 3. The lowest BCUT2D eigenvalue weighted by molar-refractivity contribution is -0.113. The van der Waals surface area contributed by atoms with Crippen LogP contribution in [0.15, 0.2) is 23.4 Å². The lowest BCUT2D eigenvalue weighted by Gasteiger charge is -2.18. The number of carbonyl (C=O) groups is 2. The number of carbonyl (C=O) groups excluding carboxylic acids is 2. The molecule has 1 N–H and O–H groups in total. The molecule has 1 aliphatic carbocycles. The summed E-state index contributed by atoms with van der Waals surface area (Å²) in [5.74, 6) is 1.95. The number of fused-ring (bicyclic) bond motifs is 1. The van der Waals surface area contributed by atoms with Gasteiger partial charge >= 0.3 is 5.97 Å². The molecule has 1 unspecified atom stereocenters. The van der Waals surface area contributed by atoms with Crippen LogP contribution in [-0.4, -0.2) is 53.2 Å². The highest BCUT2D eigenvalue weighted by Gasteiger charge is 2.29. The van der Waals surface area contributed by atoms with Crippen LogP contribution in [-0.2, 0) is 29.4 Å². The molecule has 0 saturated carbocycles. The minimum Gasteiger partial charge on any atom is -0.493 e. The van der Waals surface area contributed by atoms with Gasteiger partial charge in [-0.2, -0.15) is 0 Å². The van der Waals surface area contributed by atoms with Crippen molar-refractivity contribution in [2.75, 3.05) is 31.9 Å². The molecule has 0 bridgehead atoms. The van der Waals surface area contributed by atoms with Gasteiger partial charge in [0.05, 0.1) is 32.1 Å². The highest BCUT2D eigenvalue weighted by molar-refractivity contribution is 7.99. The predicted molar refractivity (Wildman–Crippen MR) is 140 cm³/mol. The van der Waals surface area contributed by atoms with Gasteiger partial charge in [-0.05, 0) is 55.9 Å². The minimum absolute atomic E-state index is 0.124. The number of aromatic nitrogens is 3. The lowest BCUT2D eigenvalue weighted by Crippen LogP contribution is -2.18. The monoisotopic (exact) mass is 530 g/mol. The third-order valence-corrected chi connectivity index (χ3v) is 8.24. The zero-order chi connectivity index (χ0) is 25.8. The van der Waals surface area contributed by atoms with Crippen LogP contribution in [0.4, 0.5) is 5.00 Å². The van der Waals surface area contributed by atoms with Crippen molar-refractivity contribution < 1.29 is 23.8 Å². The number of thiophene rings is 1. The molecule has 4 rings (SSSR count). The Morgan fingerprint density at radius 2 is 2.00 bits per heavy atom. The third kappa shape index (κ3) is 5.36. The molecule has 36 heavy (non-hydrogen) atoms. The van der Waals surface area contributed by atoms with Crippen molar-refractivity contribution in [2.45, 2.75) is 38.3 Å². The van der Waals surface area contributed by atoms with Crippen LogP contribution in [0.2, 0.25) is 0 Å². The zero-order valence-corrected chi connectivity index (χ0v) is 22.7. The van der Waals surface area contributed by atoms with Gasteiger partial charge in [-0.1, -0.05) is 18.7 Å². The largest absolute Gasteiger partial charge is 0.493 e. The van der Waals surface area contributed by atoms with Gasteiger partial charge in [0.2, 0.25) is 5.91 Å². The van der Waals surface area contributed by atoms with E-state index in [1.807, 2.05) is 29.8 Å². The predicted octanol–water partition coefficient (Wildman–Crippen LogP) is 4.59. The van der Waals surface area contributed by atoms with Gasteiger partial charge in [-0.25, -0.2) is 4.79 Å². The molecule has 0 fully saturated rings. The van der Waals surface area contributed by atoms with E-state index in [9.17, 15) is 9.59 Å². The zero-order valence-electron chi connectivity index (χ0n) is 21.0. The molecule has 2 heterocycles. The third-order valence-electron chi connectivity index (χ3n) is 6.05. The molecule has 1 aliphatic rings. The Balaban J connectivity index is 1.47. The van der Waals surface area contributed by atoms with E-state index in [0.717, 1.165) is 35.3 Å². The summed E-state index contributed by atoms with van der Waals surface area (Å²) in [5, 5.41) is 12.7. The average Bonchev–Trinajstić information content (AvgIpc) is 3.41. The first-order chi connectivity index (χ1) is 17.4. The van der Waals surface area contributed by atoms with E-state index in [-0.39, 0.29) is 24.2 Å². The van der Waals surface area contributed by atoms with E-state index in [0.29, 0.717) is 39.0 Å². The fourth-order valence-corrected chi connectivity index (χ4v) is 6.34. The number of thioether (sulfide) groups is 1. The van der Waals surface area contributed by atoms with E-state index in [1.165, 1.54) is 23.1 Å². The first kappa shape index (κ1) is 26.0. The highest BCUT2D eigenvalue weighted by Crippen LogP contribution is 2.40. The molecular formula is C25H30N4O5S2. The van der Waals surface area contributed by atoms with Crippen LogP contribution in [0, 0.1) is 5.92 Å². The maximum absolute atomic E-state index is 12.9. The summed E-state index contributed by atoms with van der Waals surface area (Å²) in [6.45, 7) is 4.28. The number of amides is 1. The number of anilines is 1. The van der Waals surface area contributed by atoms with Crippen LogP contribution < -0.4 is 14.8 Å². The summed E-state index contributed by atoms with van der Waals surface area (Å²) in [6, 6.07) is 5.52. The molecule has 1 amide bonds. The fourth-order valence-electron chi connectivity index (χ4n) is 4.22. The second-order valence-corrected chi connectivity index (χ2v) is 10.6. The number of ether oxygens (including phenoxy) is 3. The summed E-state index contributed by atoms with van der Waals surface area (Å²) in [7, 11) is 5.01. The van der Waals surface area contributed by atoms with Crippen LogP contribution in [0.5, 0.6) is 11.5 Å². The van der Waals surface area contributed by atoms with Crippen molar-refractivity contribution >= 4 is 40.0 Å². The van der Waals surface area contributed by atoms with Crippen molar-refractivity contribution in [3.8, 4) is 22.9 Å². The molecule has 0 aliphatic heterocycles. The summed E-state index contributed by atoms with van der Waals surface area (Å²) >= 11 is 2.76. The number of esters is 1. The number of nitrogens with one attached hydrogen (secondary N) is 1. The van der Waals surface area contributed by atoms with Gasteiger partial charge < -0.3 is 24.1 Å². The molecule has 0 spiro atoms. The summed E-state index contributed by atoms with van der Waals surface area (Å²) < 4.78 is 17.8. The normalized spacial score (nSPS) is 14.8. The number of benzene rings is 1. The van der Waals surface area contributed by atoms with Crippen molar-refractivity contribution in [1.82, 2.24) is 14.8 Å². The molecule has 9 nitrogen and oxygen atoms in total. The van der Waals surface area contributed by atoms with Crippen molar-refractivity contribution in [1.29, 1.82) is 0 Å². The maximum atomic E-state index is 12.9. The maximum Gasteiger partial charge on any atom is 0.341 e. The van der Waals surface area contributed by atoms with E-state index in [4.69, 9.17) is 14.2 Å². The van der Waals surface area contributed by atoms with Crippen molar-refractivity contribution in [2.24, 2.45) is 13.0 Å². The molecule has 3 aromatic rings. The van der Waals surface area contributed by atoms with Crippen LogP contribution in [0.3, 0.4) is 0 Å². The highest BCUT2D eigenvalue weighted by atomic mass is 32.2. The Hall–Kier alpha value is -3.05. The second-order valence-electron chi connectivity index (χ2n) is 8.55. The molecular weight excluding hydrogens is 500 g/mol. The number of methoxy groups -OCH3 is 2. The van der Waals surface area contributed by atoms with Crippen LogP contribution in [0.1, 0.15) is 41.1 Å². The number of rotatable bonds is 9.